The number of nitrogens with zero attached hydrogens (tertiary/aromatic N) is 2. The standard InChI is InChI=1S/C10H10N2OS/c1-8-11-6-9(14-8)7-12-5-3-2-4-10(12)13/h2-6H,7H2,1H3. The van der Waals surface area contributed by atoms with Gasteiger partial charge in [0.15, 0.2) is 0 Å². The summed E-state index contributed by atoms with van der Waals surface area (Å²) in [6.07, 6.45) is 3.61. The molecule has 0 atom stereocenters. The monoisotopic (exact) mass is 206 g/mol. The van der Waals surface area contributed by atoms with Crippen LogP contribution in [0, 0.1) is 6.92 Å². The van der Waals surface area contributed by atoms with Gasteiger partial charge in [0.1, 0.15) is 0 Å². The lowest BCUT2D eigenvalue weighted by atomic mass is 10.4. The van der Waals surface area contributed by atoms with Gasteiger partial charge in [-0.25, -0.2) is 4.98 Å². The van der Waals surface area contributed by atoms with Crippen molar-refractivity contribution in [1.82, 2.24) is 9.55 Å². The summed E-state index contributed by atoms with van der Waals surface area (Å²) in [5, 5.41) is 1.03. The zero-order valence-corrected chi connectivity index (χ0v) is 8.62. The Hall–Kier alpha value is -1.42. The average Bonchev–Trinajstić information content (AvgIpc) is 2.56. The van der Waals surface area contributed by atoms with E-state index in [1.165, 1.54) is 0 Å². The predicted molar refractivity (Wildman–Crippen MR) is 56.7 cm³/mol. The third kappa shape index (κ3) is 1.90. The van der Waals surface area contributed by atoms with E-state index in [1.54, 1.807) is 34.2 Å². The molecule has 0 aliphatic rings. The van der Waals surface area contributed by atoms with E-state index in [9.17, 15) is 4.79 Å². The molecule has 0 bridgehead atoms. The highest BCUT2D eigenvalue weighted by Crippen LogP contribution is 2.11. The molecule has 0 radical (unpaired) electrons. The number of aryl methyl sites for hydroxylation is 1. The fourth-order valence-corrected chi connectivity index (χ4v) is 2.03. The van der Waals surface area contributed by atoms with Crippen LogP contribution in [-0.4, -0.2) is 9.55 Å². The average molecular weight is 206 g/mol. The maximum absolute atomic E-state index is 11.4. The van der Waals surface area contributed by atoms with Crippen LogP contribution in [0.5, 0.6) is 0 Å². The molecular formula is C10H10N2OS. The van der Waals surface area contributed by atoms with Crippen LogP contribution >= 0.6 is 11.3 Å². The summed E-state index contributed by atoms with van der Waals surface area (Å²) >= 11 is 1.62. The van der Waals surface area contributed by atoms with Crippen LogP contribution in [0.15, 0.2) is 35.4 Å². The molecule has 0 saturated heterocycles. The molecule has 0 aliphatic heterocycles. The van der Waals surface area contributed by atoms with Gasteiger partial charge in [0.25, 0.3) is 5.56 Å². The van der Waals surface area contributed by atoms with Gasteiger partial charge in [0.05, 0.1) is 11.6 Å². The van der Waals surface area contributed by atoms with Crippen LogP contribution in [0.3, 0.4) is 0 Å². The maximum atomic E-state index is 11.4. The van der Waals surface area contributed by atoms with Gasteiger partial charge in [-0.05, 0) is 13.0 Å². The lowest BCUT2D eigenvalue weighted by molar-refractivity contribution is 0.768. The second-order valence-electron chi connectivity index (χ2n) is 3.01. The molecule has 2 aromatic rings. The minimum atomic E-state index is 0.0264. The maximum Gasteiger partial charge on any atom is 0.250 e. The number of aromatic nitrogens is 2. The molecule has 0 amide bonds. The highest BCUT2D eigenvalue weighted by atomic mass is 32.1. The van der Waals surface area contributed by atoms with E-state index in [2.05, 4.69) is 4.98 Å². The van der Waals surface area contributed by atoms with E-state index < -0.39 is 0 Å². The van der Waals surface area contributed by atoms with Crippen molar-refractivity contribution in [1.29, 1.82) is 0 Å². The van der Waals surface area contributed by atoms with Gasteiger partial charge < -0.3 is 4.57 Å². The first-order valence-electron chi connectivity index (χ1n) is 4.32. The summed E-state index contributed by atoms with van der Waals surface area (Å²) in [6, 6.07) is 5.17. The van der Waals surface area contributed by atoms with Gasteiger partial charge in [-0.2, -0.15) is 0 Å². The smallest absolute Gasteiger partial charge is 0.250 e. The molecule has 72 valence electrons. The minimum Gasteiger partial charge on any atom is -0.310 e. The molecule has 3 nitrogen and oxygen atoms in total. The van der Waals surface area contributed by atoms with Gasteiger partial charge >= 0.3 is 0 Å². The van der Waals surface area contributed by atoms with Gasteiger partial charge in [-0.1, -0.05) is 6.07 Å². The van der Waals surface area contributed by atoms with Crippen molar-refractivity contribution >= 4 is 11.3 Å². The molecule has 0 aromatic carbocycles. The van der Waals surface area contributed by atoms with Crippen molar-refractivity contribution in [3.05, 3.63) is 50.8 Å². The lowest BCUT2D eigenvalue weighted by Crippen LogP contribution is -2.17. The van der Waals surface area contributed by atoms with E-state index in [1.807, 2.05) is 19.2 Å². The van der Waals surface area contributed by atoms with Crippen LogP contribution < -0.4 is 5.56 Å². The van der Waals surface area contributed by atoms with Crippen molar-refractivity contribution in [2.75, 3.05) is 0 Å². The molecule has 14 heavy (non-hydrogen) atoms. The predicted octanol–water partition coefficient (Wildman–Crippen LogP) is 1.66. The van der Waals surface area contributed by atoms with Crippen LogP contribution in [0.1, 0.15) is 9.88 Å². The quantitative estimate of drug-likeness (QED) is 0.749. The fraction of sp³-hybridized carbons (Fsp3) is 0.200. The number of pyridine rings is 1. The number of hydrogen-bond acceptors (Lipinski definition) is 3. The van der Waals surface area contributed by atoms with Crippen LogP contribution in [0.4, 0.5) is 0 Å². The van der Waals surface area contributed by atoms with Crippen LogP contribution in [0.2, 0.25) is 0 Å². The van der Waals surface area contributed by atoms with E-state index in [0.29, 0.717) is 6.54 Å². The van der Waals surface area contributed by atoms with Crippen molar-refractivity contribution in [2.24, 2.45) is 0 Å². The van der Waals surface area contributed by atoms with Crippen molar-refractivity contribution in [2.45, 2.75) is 13.5 Å². The Morgan fingerprint density at radius 1 is 1.50 bits per heavy atom. The molecule has 0 unspecified atom stereocenters. The first-order valence-corrected chi connectivity index (χ1v) is 5.14. The Morgan fingerprint density at radius 2 is 2.36 bits per heavy atom. The lowest BCUT2D eigenvalue weighted by Gasteiger charge is -2.00. The SMILES string of the molecule is Cc1ncc(Cn2ccccc2=O)s1. The zero-order chi connectivity index (χ0) is 9.97. The number of rotatable bonds is 2. The first kappa shape index (κ1) is 9.15. The molecular weight excluding hydrogens is 196 g/mol. The highest BCUT2D eigenvalue weighted by Gasteiger charge is 1.99. The Morgan fingerprint density at radius 3 is 3.00 bits per heavy atom. The van der Waals surface area contributed by atoms with E-state index in [-0.39, 0.29) is 5.56 Å². The Bertz CT molecular complexity index is 487. The summed E-state index contributed by atoms with van der Waals surface area (Å²) in [5.74, 6) is 0. The molecule has 0 aliphatic carbocycles. The van der Waals surface area contributed by atoms with Gasteiger partial charge in [-0.15, -0.1) is 11.3 Å². The summed E-state index contributed by atoms with van der Waals surface area (Å²) in [5.41, 5.74) is 0.0264. The Kier molecular flexibility index (Phi) is 2.45. The Labute approximate surface area is 85.7 Å². The molecule has 0 fully saturated rings. The number of hydrogen-bond donors (Lipinski definition) is 0. The van der Waals surface area contributed by atoms with E-state index in [0.717, 1.165) is 9.88 Å². The molecule has 0 N–H and O–H groups in total. The van der Waals surface area contributed by atoms with E-state index >= 15 is 0 Å². The zero-order valence-electron chi connectivity index (χ0n) is 7.80. The van der Waals surface area contributed by atoms with Crippen LogP contribution in [-0.2, 0) is 6.54 Å². The summed E-state index contributed by atoms with van der Waals surface area (Å²) in [4.78, 5) is 16.6. The summed E-state index contributed by atoms with van der Waals surface area (Å²) < 4.78 is 1.67. The minimum absolute atomic E-state index is 0.0264. The number of thiazole rings is 1. The second kappa shape index (κ2) is 3.75. The molecule has 0 saturated carbocycles. The van der Waals surface area contributed by atoms with Gasteiger partial charge in [0, 0.05) is 23.3 Å². The van der Waals surface area contributed by atoms with Gasteiger partial charge in [-0.3, -0.25) is 4.79 Å². The third-order valence-corrected chi connectivity index (χ3v) is 2.79. The van der Waals surface area contributed by atoms with Crippen molar-refractivity contribution < 1.29 is 0 Å². The fourth-order valence-electron chi connectivity index (χ4n) is 1.24. The molecule has 2 heterocycles. The third-order valence-electron chi connectivity index (χ3n) is 1.89. The summed E-state index contributed by atoms with van der Waals surface area (Å²) in [7, 11) is 0. The molecule has 2 rings (SSSR count). The van der Waals surface area contributed by atoms with Crippen LogP contribution in [0.25, 0.3) is 0 Å². The molecule has 2 aromatic heterocycles. The molecule has 0 spiro atoms. The van der Waals surface area contributed by atoms with Crippen molar-refractivity contribution in [3.8, 4) is 0 Å². The molecule has 4 heteroatoms. The normalized spacial score (nSPS) is 10.4. The Balaban J connectivity index is 2.27. The second-order valence-corrected chi connectivity index (χ2v) is 4.33. The van der Waals surface area contributed by atoms with E-state index in [4.69, 9.17) is 0 Å². The largest absolute Gasteiger partial charge is 0.310 e. The van der Waals surface area contributed by atoms with Gasteiger partial charge in [0.2, 0.25) is 0 Å². The first-order chi connectivity index (χ1) is 6.75. The highest BCUT2D eigenvalue weighted by molar-refractivity contribution is 7.11. The topological polar surface area (TPSA) is 34.9 Å². The van der Waals surface area contributed by atoms with Crippen molar-refractivity contribution in [3.63, 3.8) is 0 Å². The summed E-state index contributed by atoms with van der Waals surface area (Å²) in [6.45, 7) is 2.58.